The van der Waals surface area contributed by atoms with Crippen LogP contribution in [0.5, 0.6) is 0 Å². The lowest BCUT2D eigenvalue weighted by Gasteiger charge is -2.32. The lowest BCUT2D eigenvalue weighted by Crippen LogP contribution is -2.47. The third kappa shape index (κ3) is 6.33. The Hall–Kier alpha value is -1.30. The molecule has 1 saturated heterocycles. The van der Waals surface area contributed by atoms with Crippen molar-refractivity contribution >= 4 is 12.0 Å². The Bertz CT molecular complexity index is 339. The van der Waals surface area contributed by atoms with E-state index in [0.717, 1.165) is 12.8 Å². The second kappa shape index (κ2) is 8.87. The maximum atomic E-state index is 12.1. The normalized spacial score (nSPS) is 17.8. The van der Waals surface area contributed by atoms with Crippen LogP contribution < -0.4 is 5.32 Å². The summed E-state index contributed by atoms with van der Waals surface area (Å²) in [6, 6.07) is -0.167. The summed E-state index contributed by atoms with van der Waals surface area (Å²) < 4.78 is 5.55. The van der Waals surface area contributed by atoms with Crippen molar-refractivity contribution in [2.24, 2.45) is 11.8 Å². The van der Waals surface area contributed by atoms with Crippen molar-refractivity contribution in [3.63, 3.8) is 0 Å². The van der Waals surface area contributed by atoms with Crippen LogP contribution in [-0.4, -0.2) is 54.4 Å². The van der Waals surface area contributed by atoms with Gasteiger partial charge in [0.2, 0.25) is 0 Å². The third-order valence-corrected chi connectivity index (χ3v) is 3.74. The summed E-state index contributed by atoms with van der Waals surface area (Å²) in [6.45, 7) is 8.16. The Morgan fingerprint density at radius 3 is 2.43 bits per heavy atom. The molecule has 6 nitrogen and oxygen atoms in total. The Morgan fingerprint density at radius 2 is 1.95 bits per heavy atom. The van der Waals surface area contributed by atoms with Crippen molar-refractivity contribution < 1.29 is 19.4 Å². The zero-order chi connectivity index (χ0) is 15.8. The monoisotopic (exact) mass is 300 g/mol. The molecule has 0 aromatic rings. The van der Waals surface area contributed by atoms with E-state index in [9.17, 15) is 9.59 Å². The smallest absolute Gasteiger partial charge is 0.317 e. The molecular weight excluding hydrogens is 272 g/mol. The van der Waals surface area contributed by atoms with Crippen molar-refractivity contribution in [2.75, 3.05) is 26.2 Å². The molecule has 1 fully saturated rings. The number of amides is 2. The summed E-state index contributed by atoms with van der Waals surface area (Å²) in [5.74, 6) is -1.07. The number of rotatable bonds is 7. The van der Waals surface area contributed by atoms with Gasteiger partial charge in [0.15, 0.2) is 0 Å². The predicted molar refractivity (Wildman–Crippen MR) is 80.2 cm³/mol. The van der Waals surface area contributed by atoms with E-state index in [1.54, 1.807) is 4.90 Å². The molecule has 0 radical (unpaired) electrons. The number of carboxylic acid groups (broad SMARTS) is 1. The fourth-order valence-electron chi connectivity index (χ4n) is 2.62. The molecule has 1 aliphatic rings. The minimum atomic E-state index is -0.848. The van der Waals surface area contributed by atoms with Crippen LogP contribution in [0.2, 0.25) is 0 Å². The van der Waals surface area contributed by atoms with Gasteiger partial charge < -0.3 is 20.1 Å². The Kier molecular flexibility index (Phi) is 7.50. The number of likely N-dealkylation sites (tertiary alicyclic amines) is 1. The van der Waals surface area contributed by atoms with Gasteiger partial charge in [-0.15, -0.1) is 0 Å². The van der Waals surface area contributed by atoms with Crippen LogP contribution in [0.15, 0.2) is 0 Å². The molecule has 1 aliphatic heterocycles. The minimum absolute atomic E-state index is 0.167. The Morgan fingerprint density at radius 1 is 1.33 bits per heavy atom. The lowest BCUT2D eigenvalue weighted by molar-refractivity contribution is -0.142. The molecule has 0 saturated carbocycles. The molecule has 0 aromatic carbocycles. The van der Waals surface area contributed by atoms with Crippen LogP contribution in [0.4, 0.5) is 4.79 Å². The Balaban J connectivity index is 2.34. The summed E-state index contributed by atoms with van der Waals surface area (Å²) in [5.41, 5.74) is 0. The van der Waals surface area contributed by atoms with Crippen LogP contribution in [0.3, 0.4) is 0 Å². The van der Waals surface area contributed by atoms with Crippen molar-refractivity contribution in [3.05, 3.63) is 0 Å². The summed E-state index contributed by atoms with van der Waals surface area (Å²) in [7, 11) is 0. The second-order valence-electron chi connectivity index (χ2n) is 5.99. The highest BCUT2D eigenvalue weighted by molar-refractivity contribution is 5.76. The van der Waals surface area contributed by atoms with E-state index in [-0.39, 0.29) is 18.7 Å². The van der Waals surface area contributed by atoms with Crippen LogP contribution in [0.25, 0.3) is 0 Å². The van der Waals surface area contributed by atoms with E-state index in [4.69, 9.17) is 9.84 Å². The lowest BCUT2D eigenvalue weighted by atomic mass is 9.97. The van der Waals surface area contributed by atoms with Gasteiger partial charge in [0.05, 0.1) is 12.0 Å². The first-order chi connectivity index (χ1) is 9.93. The third-order valence-electron chi connectivity index (χ3n) is 3.74. The topological polar surface area (TPSA) is 78.9 Å². The molecule has 21 heavy (non-hydrogen) atoms. The number of hydrogen-bond acceptors (Lipinski definition) is 3. The molecule has 1 atom stereocenters. The zero-order valence-electron chi connectivity index (χ0n) is 13.3. The first-order valence-corrected chi connectivity index (χ1v) is 7.81. The number of piperidine rings is 1. The van der Waals surface area contributed by atoms with Crippen molar-refractivity contribution in [3.8, 4) is 0 Å². The van der Waals surface area contributed by atoms with Gasteiger partial charge in [0.25, 0.3) is 0 Å². The summed E-state index contributed by atoms with van der Waals surface area (Å²) in [5, 5.41) is 11.9. The van der Waals surface area contributed by atoms with Crippen LogP contribution in [0, 0.1) is 11.8 Å². The molecule has 6 heteroatoms. The van der Waals surface area contributed by atoms with E-state index in [1.807, 2.05) is 20.8 Å². The fraction of sp³-hybridized carbons (Fsp3) is 0.867. The molecule has 122 valence electrons. The molecule has 2 N–H and O–H groups in total. The fourth-order valence-corrected chi connectivity index (χ4v) is 2.62. The van der Waals surface area contributed by atoms with Crippen LogP contribution >= 0.6 is 0 Å². The number of aliphatic carboxylic acids is 1. The molecule has 1 rings (SSSR count). The molecule has 0 aromatic heterocycles. The number of urea groups is 1. The first-order valence-electron chi connectivity index (χ1n) is 7.81. The summed E-state index contributed by atoms with van der Waals surface area (Å²) in [4.78, 5) is 25.0. The number of carbonyl (C=O) groups excluding carboxylic acids is 1. The number of ether oxygens (including phenoxy) is 1. The van der Waals surface area contributed by atoms with Crippen molar-refractivity contribution in [1.29, 1.82) is 0 Å². The Labute approximate surface area is 126 Å². The maximum absolute atomic E-state index is 12.1. The van der Waals surface area contributed by atoms with E-state index in [2.05, 4.69) is 5.32 Å². The number of carboxylic acids is 1. The molecule has 1 heterocycles. The summed E-state index contributed by atoms with van der Waals surface area (Å²) >= 11 is 0. The maximum Gasteiger partial charge on any atom is 0.317 e. The predicted octanol–water partition coefficient (Wildman–Crippen LogP) is 1.94. The molecule has 0 bridgehead atoms. The molecule has 0 aliphatic carbocycles. The SMILES string of the molecule is CCOC1CCN(C(=O)NCC(CC(C)C)C(=O)O)CC1. The number of carbonyl (C=O) groups is 2. The molecular formula is C15H28N2O4. The van der Waals surface area contributed by atoms with Crippen LogP contribution in [-0.2, 0) is 9.53 Å². The van der Waals surface area contributed by atoms with E-state index >= 15 is 0 Å². The van der Waals surface area contributed by atoms with Gasteiger partial charge in [-0.3, -0.25) is 4.79 Å². The average molecular weight is 300 g/mol. The van der Waals surface area contributed by atoms with E-state index in [1.165, 1.54) is 0 Å². The second-order valence-corrected chi connectivity index (χ2v) is 5.99. The minimum Gasteiger partial charge on any atom is -0.481 e. The van der Waals surface area contributed by atoms with Gasteiger partial charge in [-0.25, -0.2) is 4.79 Å². The number of nitrogens with zero attached hydrogens (tertiary/aromatic N) is 1. The zero-order valence-corrected chi connectivity index (χ0v) is 13.3. The van der Waals surface area contributed by atoms with Crippen LogP contribution in [0.1, 0.15) is 40.0 Å². The molecule has 2 amide bonds. The van der Waals surface area contributed by atoms with E-state index < -0.39 is 11.9 Å². The van der Waals surface area contributed by atoms with Gasteiger partial charge in [0, 0.05) is 26.2 Å². The quantitative estimate of drug-likeness (QED) is 0.753. The molecule has 0 spiro atoms. The highest BCUT2D eigenvalue weighted by Crippen LogP contribution is 2.14. The van der Waals surface area contributed by atoms with Gasteiger partial charge in [-0.2, -0.15) is 0 Å². The first kappa shape index (κ1) is 17.8. The van der Waals surface area contributed by atoms with Gasteiger partial charge in [-0.05, 0) is 32.1 Å². The average Bonchev–Trinajstić information content (AvgIpc) is 2.43. The number of nitrogens with one attached hydrogen (secondary N) is 1. The largest absolute Gasteiger partial charge is 0.481 e. The van der Waals surface area contributed by atoms with Crippen molar-refractivity contribution in [1.82, 2.24) is 10.2 Å². The molecule has 1 unspecified atom stereocenters. The standard InChI is InChI=1S/C15H28N2O4/c1-4-21-13-5-7-17(8-6-13)15(20)16-10-12(14(18)19)9-11(2)3/h11-13H,4-10H2,1-3H3,(H,16,20)(H,18,19). The highest BCUT2D eigenvalue weighted by atomic mass is 16.5. The van der Waals surface area contributed by atoms with Gasteiger partial charge >= 0.3 is 12.0 Å². The number of hydrogen-bond donors (Lipinski definition) is 2. The van der Waals surface area contributed by atoms with Gasteiger partial charge in [0.1, 0.15) is 0 Å². The highest BCUT2D eigenvalue weighted by Gasteiger charge is 2.25. The van der Waals surface area contributed by atoms with E-state index in [0.29, 0.717) is 32.0 Å². The van der Waals surface area contributed by atoms with Crippen molar-refractivity contribution in [2.45, 2.75) is 46.1 Å². The summed E-state index contributed by atoms with van der Waals surface area (Å²) in [6.07, 6.45) is 2.50. The van der Waals surface area contributed by atoms with Gasteiger partial charge in [-0.1, -0.05) is 13.8 Å².